The molecule has 0 radical (unpaired) electrons. The Morgan fingerprint density at radius 1 is 1.23 bits per heavy atom. The predicted molar refractivity (Wildman–Crippen MR) is 84.4 cm³/mol. The zero-order valence-corrected chi connectivity index (χ0v) is 13.0. The molecule has 2 aliphatic rings. The second-order valence-electron chi connectivity index (χ2n) is 6.34. The molecule has 2 aliphatic heterocycles. The molecule has 2 heterocycles. The van der Waals surface area contributed by atoms with Crippen LogP contribution >= 0.6 is 0 Å². The van der Waals surface area contributed by atoms with Crippen molar-refractivity contribution in [1.29, 1.82) is 0 Å². The summed E-state index contributed by atoms with van der Waals surface area (Å²) in [6.07, 6.45) is 2.75. The van der Waals surface area contributed by atoms with E-state index in [1.807, 2.05) is 11.0 Å². The lowest BCUT2D eigenvalue weighted by Gasteiger charge is -2.20. The number of rotatable bonds is 3. The van der Waals surface area contributed by atoms with Gasteiger partial charge in [0.15, 0.2) is 0 Å². The van der Waals surface area contributed by atoms with Gasteiger partial charge in [0.1, 0.15) is 6.04 Å². The molecule has 0 unspecified atom stereocenters. The summed E-state index contributed by atoms with van der Waals surface area (Å²) in [5, 5.41) is 2.88. The average Bonchev–Trinajstić information content (AvgIpc) is 3.10. The van der Waals surface area contributed by atoms with Crippen molar-refractivity contribution in [2.24, 2.45) is 5.92 Å². The first kappa shape index (κ1) is 14.9. The van der Waals surface area contributed by atoms with Gasteiger partial charge in [-0.1, -0.05) is 30.3 Å². The molecule has 0 bridgehead atoms. The van der Waals surface area contributed by atoms with Gasteiger partial charge >= 0.3 is 6.03 Å². The lowest BCUT2D eigenvalue weighted by atomic mass is 9.99. The van der Waals surface area contributed by atoms with Gasteiger partial charge in [0.05, 0.1) is 0 Å². The van der Waals surface area contributed by atoms with Crippen LogP contribution in [-0.2, 0) is 11.2 Å². The van der Waals surface area contributed by atoms with E-state index in [-0.39, 0.29) is 18.0 Å². The number of carbonyl (C=O) groups is 2. The maximum atomic E-state index is 12.3. The molecule has 1 aromatic carbocycles. The molecule has 0 aromatic heterocycles. The van der Waals surface area contributed by atoms with E-state index in [1.165, 1.54) is 5.56 Å². The third-order valence-corrected chi connectivity index (χ3v) is 4.67. The predicted octanol–water partition coefficient (Wildman–Crippen LogP) is 1.49. The summed E-state index contributed by atoms with van der Waals surface area (Å²) in [5.41, 5.74) is 1.32. The molecule has 118 valence electrons. The van der Waals surface area contributed by atoms with Gasteiger partial charge in [-0.15, -0.1) is 0 Å². The summed E-state index contributed by atoms with van der Waals surface area (Å²) >= 11 is 0. The van der Waals surface area contributed by atoms with Crippen molar-refractivity contribution in [3.8, 4) is 0 Å². The maximum absolute atomic E-state index is 12.3. The van der Waals surface area contributed by atoms with Crippen LogP contribution < -0.4 is 5.32 Å². The van der Waals surface area contributed by atoms with E-state index in [0.29, 0.717) is 12.3 Å². The molecule has 3 rings (SSSR count). The van der Waals surface area contributed by atoms with Crippen LogP contribution in [0.5, 0.6) is 0 Å². The number of likely N-dealkylation sites (N-methyl/N-ethyl adjacent to an activating group) is 1. The zero-order chi connectivity index (χ0) is 15.5. The lowest BCUT2D eigenvalue weighted by molar-refractivity contribution is -0.128. The van der Waals surface area contributed by atoms with E-state index in [4.69, 9.17) is 0 Å². The van der Waals surface area contributed by atoms with Gasteiger partial charge in [-0.2, -0.15) is 0 Å². The van der Waals surface area contributed by atoms with Crippen LogP contribution in [0.25, 0.3) is 0 Å². The second-order valence-corrected chi connectivity index (χ2v) is 6.34. The van der Waals surface area contributed by atoms with Crippen LogP contribution in [0, 0.1) is 5.92 Å². The largest absolute Gasteiger partial charge is 0.344 e. The fourth-order valence-electron chi connectivity index (χ4n) is 3.33. The Labute approximate surface area is 131 Å². The van der Waals surface area contributed by atoms with Gasteiger partial charge in [0.25, 0.3) is 0 Å². The average molecular weight is 301 g/mol. The van der Waals surface area contributed by atoms with E-state index in [1.54, 1.807) is 11.9 Å². The SMILES string of the molecule is CN1CC[C@H](NC(=O)N2CC[C@@H](Cc3ccccc3)C2)C1=O. The third-order valence-electron chi connectivity index (χ3n) is 4.67. The summed E-state index contributed by atoms with van der Waals surface area (Å²) in [6, 6.07) is 9.96. The Hall–Kier alpha value is -2.04. The highest BCUT2D eigenvalue weighted by Crippen LogP contribution is 2.21. The van der Waals surface area contributed by atoms with Gasteiger partial charge < -0.3 is 15.1 Å². The molecule has 0 aliphatic carbocycles. The Morgan fingerprint density at radius 3 is 2.68 bits per heavy atom. The van der Waals surface area contributed by atoms with Crippen molar-refractivity contribution in [2.45, 2.75) is 25.3 Å². The molecular formula is C17H23N3O2. The van der Waals surface area contributed by atoms with Gasteiger partial charge in [-0.25, -0.2) is 4.79 Å². The maximum Gasteiger partial charge on any atom is 0.318 e. The monoisotopic (exact) mass is 301 g/mol. The van der Waals surface area contributed by atoms with Gasteiger partial charge in [-0.05, 0) is 30.7 Å². The van der Waals surface area contributed by atoms with Crippen molar-refractivity contribution in [2.75, 3.05) is 26.7 Å². The van der Waals surface area contributed by atoms with Crippen molar-refractivity contribution < 1.29 is 9.59 Å². The summed E-state index contributed by atoms with van der Waals surface area (Å²) in [5.74, 6) is 0.531. The van der Waals surface area contributed by atoms with Gasteiger partial charge in [0.2, 0.25) is 5.91 Å². The lowest BCUT2D eigenvalue weighted by Crippen LogP contribution is -2.46. The summed E-state index contributed by atoms with van der Waals surface area (Å²) in [7, 11) is 1.78. The van der Waals surface area contributed by atoms with Crippen LogP contribution in [-0.4, -0.2) is 54.5 Å². The Balaban J connectivity index is 1.50. The molecule has 1 N–H and O–H groups in total. The minimum absolute atomic E-state index is 0.0217. The molecule has 22 heavy (non-hydrogen) atoms. The highest BCUT2D eigenvalue weighted by atomic mass is 16.2. The molecule has 3 amide bonds. The van der Waals surface area contributed by atoms with Gasteiger partial charge in [0, 0.05) is 26.7 Å². The minimum Gasteiger partial charge on any atom is -0.344 e. The van der Waals surface area contributed by atoms with Crippen molar-refractivity contribution >= 4 is 11.9 Å². The fraction of sp³-hybridized carbons (Fsp3) is 0.529. The van der Waals surface area contributed by atoms with E-state index >= 15 is 0 Å². The first-order valence-electron chi connectivity index (χ1n) is 7.98. The van der Waals surface area contributed by atoms with E-state index in [2.05, 4.69) is 29.6 Å². The first-order chi connectivity index (χ1) is 10.6. The quantitative estimate of drug-likeness (QED) is 0.919. The summed E-state index contributed by atoms with van der Waals surface area (Å²) in [6.45, 7) is 2.28. The minimum atomic E-state index is -0.342. The first-order valence-corrected chi connectivity index (χ1v) is 7.98. The zero-order valence-electron chi connectivity index (χ0n) is 13.0. The molecule has 0 saturated carbocycles. The topological polar surface area (TPSA) is 52.7 Å². The highest BCUT2D eigenvalue weighted by molar-refractivity contribution is 5.88. The Morgan fingerprint density at radius 2 is 2.00 bits per heavy atom. The summed E-state index contributed by atoms with van der Waals surface area (Å²) in [4.78, 5) is 27.7. The van der Waals surface area contributed by atoms with Crippen molar-refractivity contribution in [3.05, 3.63) is 35.9 Å². The van der Waals surface area contributed by atoms with E-state index in [0.717, 1.165) is 32.5 Å². The van der Waals surface area contributed by atoms with Crippen LogP contribution in [0.15, 0.2) is 30.3 Å². The number of hydrogen-bond acceptors (Lipinski definition) is 2. The number of hydrogen-bond donors (Lipinski definition) is 1. The molecule has 2 saturated heterocycles. The molecule has 5 heteroatoms. The van der Waals surface area contributed by atoms with Crippen LogP contribution in [0.1, 0.15) is 18.4 Å². The molecule has 0 spiro atoms. The molecule has 1 aromatic rings. The van der Waals surface area contributed by atoms with E-state index in [9.17, 15) is 9.59 Å². The normalized spacial score (nSPS) is 24.9. The van der Waals surface area contributed by atoms with Crippen molar-refractivity contribution in [1.82, 2.24) is 15.1 Å². The number of urea groups is 1. The smallest absolute Gasteiger partial charge is 0.318 e. The standard InChI is InChI=1S/C17H23N3O2/c1-19-9-8-15(16(19)21)18-17(22)20-10-7-14(12-20)11-13-5-3-2-4-6-13/h2-6,14-15H,7-12H2,1H3,(H,18,22)/t14-,15-/m0/s1. The van der Waals surface area contributed by atoms with E-state index < -0.39 is 0 Å². The van der Waals surface area contributed by atoms with Crippen LogP contribution in [0.2, 0.25) is 0 Å². The molecular weight excluding hydrogens is 278 g/mol. The third kappa shape index (κ3) is 3.24. The number of benzene rings is 1. The Bertz CT molecular complexity index is 546. The fourth-order valence-corrected chi connectivity index (χ4v) is 3.33. The number of nitrogens with one attached hydrogen (secondary N) is 1. The second kappa shape index (κ2) is 6.38. The number of nitrogens with zero attached hydrogens (tertiary/aromatic N) is 2. The summed E-state index contributed by atoms with van der Waals surface area (Å²) < 4.78 is 0. The molecule has 2 fully saturated rings. The van der Waals surface area contributed by atoms with Gasteiger partial charge in [-0.3, -0.25) is 4.79 Å². The highest BCUT2D eigenvalue weighted by Gasteiger charge is 2.33. The molecule has 5 nitrogen and oxygen atoms in total. The van der Waals surface area contributed by atoms with Crippen molar-refractivity contribution in [3.63, 3.8) is 0 Å². The molecule has 2 atom stereocenters. The number of carbonyl (C=O) groups excluding carboxylic acids is 2. The Kier molecular flexibility index (Phi) is 4.32. The number of likely N-dealkylation sites (tertiary alicyclic amines) is 2. The number of amides is 3. The van der Waals surface area contributed by atoms with Crippen LogP contribution in [0.3, 0.4) is 0 Å². The van der Waals surface area contributed by atoms with Crippen LogP contribution in [0.4, 0.5) is 4.79 Å².